The van der Waals surface area contributed by atoms with Gasteiger partial charge in [0, 0.05) is 19.6 Å². The summed E-state index contributed by atoms with van der Waals surface area (Å²) in [6.45, 7) is 9.83. The molecule has 3 saturated heterocycles. The van der Waals surface area contributed by atoms with Crippen LogP contribution in [0.1, 0.15) is 39.5 Å². The molecule has 3 aliphatic rings. The molecular formula is C16H30N4O. The van der Waals surface area contributed by atoms with Crippen LogP contribution in [0.5, 0.6) is 0 Å². The molecule has 0 saturated carbocycles. The van der Waals surface area contributed by atoms with Crippen LogP contribution >= 0.6 is 0 Å². The quantitative estimate of drug-likeness (QED) is 0.591. The molecule has 4 atom stereocenters. The summed E-state index contributed by atoms with van der Waals surface area (Å²) in [6.07, 6.45) is 5.77. The third-order valence-corrected chi connectivity index (χ3v) is 5.10. The normalized spacial score (nSPS) is 36.4. The maximum atomic E-state index is 5.92. The number of aliphatic imine (C=N–C) groups is 1. The molecule has 3 fully saturated rings. The van der Waals surface area contributed by atoms with E-state index in [1.165, 1.54) is 38.9 Å². The standard InChI is InChI=1S/C16H30N4O/c1-3-17-16(18-10-12-7-8-20(4-2)11-12)19-14-9-13-5-6-15(14)21-13/h12-15H,3-11H2,1-2H3,(H2,17,18,19)/t12-,13+,14-,15+/m0/s1. The van der Waals surface area contributed by atoms with Crippen molar-refractivity contribution in [2.75, 3.05) is 32.7 Å². The smallest absolute Gasteiger partial charge is 0.191 e. The zero-order valence-corrected chi connectivity index (χ0v) is 13.5. The third-order valence-electron chi connectivity index (χ3n) is 5.10. The van der Waals surface area contributed by atoms with E-state index in [1.54, 1.807) is 0 Å². The van der Waals surface area contributed by atoms with Crippen LogP contribution in [0.2, 0.25) is 0 Å². The average Bonchev–Trinajstić information content (AvgIpc) is 3.21. The third kappa shape index (κ3) is 3.69. The van der Waals surface area contributed by atoms with Crippen LogP contribution in [0.15, 0.2) is 4.99 Å². The second-order valence-corrected chi connectivity index (χ2v) is 6.63. The first kappa shape index (κ1) is 15.1. The first-order chi connectivity index (χ1) is 10.3. The van der Waals surface area contributed by atoms with Gasteiger partial charge < -0.3 is 20.3 Å². The average molecular weight is 294 g/mol. The predicted molar refractivity (Wildman–Crippen MR) is 85.6 cm³/mol. The molecule has 3 aliphatic heterocycles. The number of likely N-dealkylation sites (tertiary alicyclic amines) is 1. The molecule has 0 aromatic rings. The lowest BCUT2D eigenvalue weighted by Gasteiger charge is -2.23. The molecule has 21 heavy (non-hydrogen) atoms. The van der Waals surface area contributed by atoms with Crippen molar-refractivity contribution in [1.82, 2.24) is 15.5 Å². The molecular weight excluding hydrogens is 264 g/mol. The second-order valence-electron chi connectivity index (χ2n) is 6.63. The van der Waals surface area contributed by atoms with Crippen LogP contribution in [0.25, 0.3) is 0 Å². The fraction of sp³-hybridized carbons (Fsp3) is 0.938. The fourth-order valence-corrected chi connectivity index (χ4v) is 3.85. The van der Waals surface area contributed by atoms with Gasteiger partial charge in [-0.3, -0.25) is 4.99 Å². The summed E-state index contributed by atoms with van der Waals surface area (Å²) in [5.41, 5.74) is 0. The first-order valence-electron chi connectivity index (χ1n) is 8.71. The Labute approximate surface area is 128 Å². The minimum Gasteiger partial charge on any atom is -0.373 e. The molecule has 2 bridgehead atoms. The van der Waals surface area contributed by atoms with Gasteiger partial charge in [-0.25, -0.2) is 0 Å². The van der Waals surface area contributed by atoms with Gasteiger partial charge in [0.15, 0.2) is 5.96 Å². The number of hydrogen-bond donors (Lipinski definition) is 2. The first-order valence-corrected chi connectivity index (χ1v) is 8.71. The van der Waals surface area contributed by atoms with E-state index in [0.717, 1.165) is 31.4 Å². The molecule has 120 valence electrons. The van der Waals surface area contributed by atoms with E-state index >= 15 is 0 Å². The molecule has 0 radical (unpaired) electrons. The molecule has 5 nitrogen and oxygen atoms in total. The van der Waals surface area contributed by atoms with E-state index in [1.807, 2.05) is 0 Å². The number of hydrogen-bond acceptors (Lipinski definition) is 3. The highest BCUT2D eigenvalue weighted by atomic mass is 16.5. The Morgan fingerprint density at radius 2 is 2.19 bits per heavy atom. The molecule has 0 amide bonds. The topological polar surface area (TPSA) is 48.9 Å². The maximum Gasteiger partial charge on any atom is 0.191 e. The number of rotatable bonds is 5. The van der Waals surface area contributed by atoms with Gasteiger partial charge in [0.25, 0.3) is 0 Å². The largest absolute Gasteiger partial charge is 0.373 e. The Morgan fingerprint density at radius 3 is 2.81 bits per heavy atom. The molecule has 2 N–H and O–H groups in total. The van der Waals surface area contributed by atoms with E-state index in [-0.39, 0.29) is 0 Å². The minimum absolute atomic E-state index is 0.404. The molecule has 0 unspecified atom stereocenters. The summed E-state index contributed by atoms with van der Waals surface area (Å²) in [5, 5.41) is 6.99. The van der Waals surface area contributed by atoms with Crippen molar-refractivity contribution < 1.29 is 4.74 Å². The van der Waals surface area contributed by atoms with Crippen LogP contribution in [-0.2, 0) is 4.74 Å². The SMILES string of the molecule is CCNC(=NC[C@@H]1CCN(CC)C1)N[C@H]1C[C@H]2CC[C@H]1O2. The Hall–Kier alpha value is -0.810. The molecule has 5 heteroatoms. The van der Waals surface area contributed by atoms with Crippen LogP contribution in [0, 0.1) is 5.92 Å². The number of guanidine groups is 1. The minimum atomic E-state index is 0.404. The van der Waals surface area contributed by atoms with Gasteiger partial charge in [-0.2, -0.15) is 0 Å². The molecule has 0 aromatic heterocycles. The van der Waals surface area contributed by atoms with Crippen molar-refractivity contribution in [3.8, 4) is 0 Å². The van der Waals surface area contributed by atoms with Gasteiger partial charge in [0.1, 0.15) is 0 Å². The molecule has 3 heterocycles. The second kappa shape index (κ2) is 6.97. The Balaban J connectivity index is 1.50. The summed E-state index contributed by atoms with van der Waals surface area (Å²) in [4.78, 5) is 7.34. The van der Waals surface area contributed by atoms with Crippen molar-refractivity contribution >= 4 is 5.96 Å². The van der Waals surface area contributed by atoms with Crippen molar-refractivity contribution in [1.29, 1.82) is 0 Å². The molecule has 0 aromatic carbocycles. The van der Waals surface area contributed by atoms with Gasteiger partial charge in [0.05, 0.1) is 18.2 Å². The molecule has 0 aliphatic carbocycles. The van der Waals surface area contributed by atoms with Crippen molar-refractivity contribution in [2.24, 2.45) is 10.9 Å². The highest BCUT2D eigenvalue weighted by Crippen LogP contribution is 2.34. The van der Waals surface area contributed by atoms with E-state index in [2.05, 4.69) is 29.4 Å². The summed E-state index contributed by atoms with van der Waals surface area (Å²) in [6, 6.07) is 0.456. The van der Waals surface area contributed by atoms with Gasteiger partial charge in [-0.1, -0.05) is 6.92 Å². The lowest BCUT2D eigenvalue weighted by molar-refractivity contribution is 0.0992. The zero-order chi connectivity index (χ0) is 14.7. The summed E-state index contributed by atoms with van der Waals surface area (Å²) in [7, 11) is 0. The Kier molecular flexibility index (Phi) is 5.01. The van der Waals surface area contributed by atoms with Gasteiger partial charge in [-0.05, 0) is 51.6 Å². The summed E-state index contributed by atoms with van der Waals surface area (Å²) >= 11 is 0. The van der Waals surface area contributed by atoms with Crippen molar-refractivity contribution in [2.45, 2.75) is 57.8 Å². The van der Waals surface area contributed by atoms with Crippen LogP contribution in [0.3, 0.4) is 0 Å². The van der Waals surface area contributed by atoms with E-state index in [4.69, 9.17) is 9.73 Å². The highest BCUT2D eigenvalue weighted by Gasteiger charge is 2.41. The van der Waals surface area contributed by atoms with Gasteiger partial charge in [-0.15, -0.1) is 0 Å². The van der Waals surface area contributed by atoms with E-state index < -0.39 is 0 Å². The van der Waals surface area contributed by atoms with Gasteiger partial charge in [0.2, 0.25) is 0 Å². The lowest BCUT2D eigenvalue weighted by atomic mass is 9.96. The maximum absolute atomic E-state index is 5.92. The van der Waals surface area contributed by atoms with Gasteiger partial charge >= 0.3 is 0 Å². The van der Waals surface area contributed by atoms with Crippen LogP contribution < -0.4 is 10.6 Å². The summed E-state index contributed by atoms with van der Waals surface area (Å²) in [5.74, 6) is 1.70. The number of ether oxygens (including phenoxy) is 1. The van der Waals surface area contributed by atoms with Crippen LogP contribution in [-0.4, -0.2) is 61.8 Å². The number of fused-ring (bicyclic) bond motifs is 2. The van der Waals surface area contributed by atoms with Crippen LogP contribution in [0.4, 0.5) is 0 Å². The number of nitrogens with one attached hydrogen (secondary N) is 2. The monoisotopic (exact) mass is 294 g/mol. The Bertz CT molecular complexity index is 373. The van der Waals surface area contributed by atoms with Crippen molar-refractivity contribution in [3.63, 3.8) is 0 Å². The Morgan fingerprint density at radius 1 is 1.29 bits per heavy atom. The van der Waals surface area contributed by atoms with Crippen molar-refractivity contribution in [3.05, 3.63) is 0 Å². The van der Waals surface area contributed by atoms with E-state index in [9.17, 15) is 0 Å². The zero-order valence-electron chi connectivity index (χ0n) is 13.5. The van der Waals surface area contributed by atoms with E-state index in [0.29, 0.717) is 18.2 Å². The lowest BCUT2D eigenvalue weighted by Crippen LogP contribution is -2.47. The fourth-order valence-electron chi connectivity index (χ4n) is 3.85. The highest BCUT2D eigenvalue weighted by molar-refractivity contribution is 5.80. The molecule has 0 spiro atoms. The number of nitrogens with zero attached hydrogens (tertiary/aromatic N) is 2. The summed E-state index contributed by atoms with van der Waals surface area (Å²) < 4.78 is 5.92. The predicted octanol–water partition coefficient (Wildman–Crippen LogP) is 1.20. The molecule has 3 rings (SSSR count).